The van der Waals surface area contributed by atoms with Gasteiger partial charge in [-0.1, -0.05) is 38.0 Å². The molecule has 2 saturated heterocycles. The summed E-state index contributed by atoms with van der Waals surface area (Å²) in [5, 5.41) is 20.4. The first-order valence-corrected chi connectivity index (χ1v) is 19.9. The van der Waals surface area contributed by atoms with Crippen LogP contribution in [0.2, 0.25) is 0 Å². The summed E-state index contributed by atoms with van der Waals surface area (Å²) in [6.07, 6.45) is -4.55. The average Bonchev–Trinajstić information content (AvgIpc) is 3.20. The first-order chi connectivity index (χ1) is 28.0. The van der Waals surface area contributed by atoms with Crippen molar-refractivity contribution in [1.82, 2.24) is 14.8 Å². The normalized spacial score (nSPS) is 21.5. The van der Waals surface area contributed by atoms with Gasteiger partial charge in [0.15, 0.2) is 0 Å². The van der Waals surface area contributed by atoms with Crippen LogP contribution in [0.25, 0.3) is 0 Å². The number of rotatable bonds is 13. The van der Waals surface area contributed by atoms with E-state index in [0.29, 0.717) is 43.4 Å². The van der Waals surface area contributed by atoms with Crippen LogP contribution in [0.1, 0.15) is 105 Å². The molecular formula is C43H46F6N4O6. The molecule has 1 aliphatic carbocycles. The van der Waals surface area contributed by atoms with E-state index in [1.807, 2.05) is 0 Å². The molecule has 0 radical (unpaired) electrons. The number of hydrogen-bond acceptors (Lipinski definition) is 7. The number of aliphatic carboxylic acids is 1. The van der Waals surface area contributed by atoms with Crippen molar-refractivity contribution in [3.05, 3.63) is 89.2 Å². The zero-order valence-electron chi connectivity index (χ0n) is 32.6. The molecule has 3 aromatic rings. The highest BCUT2D eigenvalue weighted by molar-refractivity contribution is 5.96. The monoisotopic (exact) mass is 828 g/mol. The summed E-state index contributed by atoms with van der Waals surface area (Å²) in [6.45, 7) is 2.04. The van der Waals surface area contributed by atoms with E-state index >= 15 is 4.79 Å². The number of nitriles is 1. The highest BCUT2D eigenvalue weighted by Gasteiger charge is 2.57. The second-order valence-electron chi connectivity index (χ2n) is 15.7. The number of pyridine rings is 1. The maximum absolute atomic E-state index is 15.1. The van der Waals surface area contributed by atoms with Gasteiger partial charge in [-0.05, 0) is 93.8 Å². The lowest BCUT2D eigenvalue weighted by Gasteiger charge is -2.51. The van der Waals surface area contributed by atoms with Crippen molar-refractivity contribution in [2.24, 2.45) is 5.41 Å². The Kier molecular flexibility index (Phi) is 12.5. The summed E-state index contributed by atoms with van der Waals surface area (Å²) in [7, 11) is 0. The van der Waals surface area contributed by atoms with Crippen LogP contribution in [-0.2, 0) is 27.4 Å². The summed E-state index contributed by atoms with van der Waals surface area (Å²) < 4.78 is 95.6. The zero-order chi connectivity index (χ0) is 42.6. The quantitative estimate of drug-likeness (QED) is 0.134. The molecule has 1 N–H and O–H groups in total. The number of benzene rings is 2. The Hall–Kier alpha value is -5.33. The fourth-order valence-corrected chi connectivity index (χ4v) is 8.82. The molecule has 3 aliphatic rings. The number of ether oxygens (including phenoxy) is 2. The van der Waals surface area contributed by atoms with E-state index in [1.165, 1.54) is 9.80 Å². The van der Waals surface area contributed by atoms with Gasteiger partial charge in [0.2, 0.25) is 5.60 Å². The first-order valence-electron chi connectivity index (χ1n) is 19.9. The number of carbonyl (C=O) groups excluding carboxylic acids is 2. The predicted molar refractivity (Wildman–Crippen MR) is 201 cm³/mol. The van der Waals surface area contributed by atoms with Crippen LogP contribution in [-0.4, -0.2) is 75.6 Å². The number of carboxylic acid groups (broad SMARTS) is 1. The highest BCUT2D eigenvalue weighted by Crippen LogP contribution is 2.46. The van der Waals surface area contributed by atoms with E-state index in [4.69, 9.17) is 9.47 Å². The minimum Gasteiger partial charge on any atom is -0.493 e. The van der Waals surface area contributed by atoms with E-state index in [0.717, 1.165) is 49.0 Å². The molecule has 2 amide bonds. The molecule has 16 heteroatoms. The summed E-state index contributed by atoms with van der Waals surface area (Å²) in [5.41, 5.74) is -6.21. The lowest BCUT2D eigenvalue weighted by molar-refractivity contribution is -0.161. The van der Waals surface area contributed by atoms with Gasteiger partial charge >= 0.3 is 18.3 Å². The van der Waals surface area contributed by atoms with E-state index in [9.17, 15) is 46.3 Å². The van der Waals surface area contributed by atoms with E-state index in [1.54, 1.807) is 31.2 Å². The number of para-hydroxylation sites is 1. The fraction of sp³-hybridized carbons (Fsp3) is 0.512. The van der Waals surface area contributed by atoms with Gasteiger partial charge in [-0.3, -0.25) is 19.4 Å². The van der Waals surface area contributed by atoms with Crippen molar-refractivity contribution < 1.29 is 55.3 Å². The molecule has 2 aliphatic heterocycles. The number of alkyl halides is 6. The summed E-state index contributed by atoms with van der Waals surface area (Å²) in [6, 6.07) is 13.9. The molecule has 316 valence electrons. The summed E-state index contributed by atoms with van der Waals surface area (Å²) in [4.78, 5) is 47.5. The molecule has 2 atom stereocenters. The number of halogens is 6. The summed E-state index contributed by atoms with van der Waals surface area (Å²) in [5.74, 6) is -2.11. The van der Waals surface area contributed by atoms with Gasteiger partial charge < -0.3 is 24.4 Å². The molecule has 10 nitrogen and oxygen atoms in total. The summed E-state index contributed by atoms with van der Waals surface area (Å²) >= 11 is 0. The lowest BCUT2D eigenvalue weighted by atomic mass is 9.66. The van der Waals surface area contributed by atoms with Crippen molar-refractivity contribution in [3.63, 3.8) is 0 Å². The molecule has 1 saturated carbocycles. The van der Waals surface area contributed by atoms with Gasteiger partial charge in [-0.15, -0.1) is 0 Å². The Labute approximate surface area is 338 Å². The van der Waals surface area contributed by atoms with Gasteiger partial charge in [0.25, 0.3) is 11.8 Å². The Morgan fingerprint density at radius 3 is 2.19 bits per heavy atom. The molecule has 0 unspecified atom stereocenters. The van der Waals surface area contributed by atoms with Gasteiger partial charge in [0.05, 0.1) is 40.7 Å². The Bertz CT molecular complexity index is 2040. The third-order valence-electron chi connectivity index (χ3n) is 12.2. The van der Waals surface area contributed by atoms with Crippen LogP contribution in [0, 0.1) is 16.7 Å². The number of piperidine rings is 2. The second-order valence-corrected chi connectivity index (χ2v) is 15.7. The number of likely N-dealkylation sites (tertiary alicyclic amines) is 2. The number of carbonyl (C=O) groups is 3. The number of hydrogen-bond donors (Lipinski definition) is 1. The van der Waals surface area contributed by atoms with E-state index < -0.39 is 69.4 Å². The maximum Gasteiger partial charge on any atom is 0.418 e. The van der Waals surface area contributed by atoms with Crippen LogP contribution in [0.15, 0.2) is 66.9 Å². The van der Waals surface area contributed by atoms with Gasteiger partial charge in [0, 0.05) is 37.8 Å². The van der Waals surface area contributed by atoms with Gasteiger partial charge in [0.1, 0.15) is 17.2 Å². The first kappa shape index (κ1) is 43.3. The molecule has 0 bridgehead atoms. The SMILES string of the molecule is CCC[C@H]1N(C(=O)c2ncccc2C(F)(F)F)CCC[C@@]1(Oc1ccc(C(F)(F)F)cc1)C(=O)N1CCC(C#N)(c2ccccc2OCCCC2(C(=O)O)CCC2)CC1. The van der Waals surface area contributed by atoms with Crippen molar-refractivity contribution in [3.8, 4) is 17.6 Å². The largest absolute Gasteiger partial charge is 0.493 e. The minimum atomic E-state index is -4.91. The Balaban J connectivity index is 1.29. The zero-order valence-corrected chi connectivity index (χ0v) is 32.6. The number of carboxylic acids is 1. The second kappa shape index (κ2) is 17.1. The number of aromatic nitrogens is 1. The molecule has 3 heterocycles. The van der Waals surface area contributed by atoms with Crippen molar-refractivity contribution in [2.45, 2.75) is 107 Å². The molecule has 1 aromatic heterocycles. The van der Waals surface area contributed by atoms with Crippen molar-refractivity contribution in [1.29, 1.82) is 5.26 Å². The molecule has 59 heavy (non-hydrogen) atoms. The Morgan fingerprint density at radius 2 is 1.59 bits per heavy atom. The molecule has 2 aromatic carbocycles. The average molecular weight is 829 g/mol. The number of nitrogens with zero attached hydrogens (tertiary/aromatic N) is 4. The van der Waals surface area contributed by atoms with Crippen LogP contribution >= 0.6 is 0 Å². The van der Waals surface area contributed by atoms with Gasteiger partial charge in [-0.25, -0.2) is 0 Å². The van der Waals surface area contributed by atoms with Crippen LogP contribution in [0.4, 0.5) is 26.3 Å². The highest BCUT2D eigenvalue weighted by atomic mass is 19.4. The third kappa shape index (κ3) is 8.70. The minimum absolute atomic E-state index is 0.00458. The van der Waals surface area contributed by atoms with Crippen LogP contribution in [0.5, 0.6) is 11.5 Å². The van der Waals surface area contributed by atoms with E-state index in [-0.39, 0.29) is 64.1 Å². The van der Waals surface area contributed by atoms with Gasteiger partial charge in [-0.2, -0.15) is 31.6 Å². The van der Waals surface area contributed by atoms with Crippen LogP contribution < -0.4 is 9.47 Å². The standard InChI is InChI=1S/C43H46F6N4O6/c1-2-9-34-41(59-30-15-13-29(14-16-30)42(44,45)46,20-7-24-53(34)36(54)35-32(43(47,48)49)11-5-23-51-35)37(55)52-25-21-40(28-50,22-26-52)31-10-3-4-12-33(31)58-27-8-19-39(38(56)57)17-6-18-39/h3-5,10-16,23,34H,2,6-9,17-22,24-27H2,1H3,(H,56,57)/t34-,41+/m1/s1. The van der Waals surface area contributed by atoms with Crippen molar-refractivity contribution >= 4 is 17.8 Å². The molecule has 0 spiro atoms. The predicted octanol–water partition coefficient (Wildman–Crippen LogP) is 8.84. The Morgan fingerprint density at radius 1 is 0.898 bits per heavy atom. The van der Waals surface area contributed by atoms with E-state index in [2.05, 4.69) is 11.1 Å². The molecule has 6 rings (SSSR count). The number of amides is 2. The topological polar surface area (TPSA) is 133 Å². The fourth-order valence-electron chi connectivity index (χ4n) is 8.82. The molecule has 3 fully saturated rings. The maximum atomic E-state index is 15.1. The van der Waals surface area contributed by atoms with Crippen molar-refractivity contribution in [2.75, 3.05) is 26.2 Å². The van der Waals surface area contributed by atoms with Crippen LogP contribution in [0.3, 0.4) is 0 Å². The lowest BCUT2D eigenvalue weighted by Crippen LogP contribution is -2.68. The smallest absolute Gasteiger partial charge is 0.418 e. The molecular weight excluding hydrogens is 782 g/mol. The third-order valence-corrected chi connectivity index (χ3v) is 12.2.